The van der Waals surface area contributed by atoms with Crippen LogP contribution in [0.3, 0.4) is 0 Å². The Kier molecular flexibility index (Phi) is 5.14. The Bertz CT molecular complexity index is 841. The molecule has 3 rings (SSSR count). The molecular weight excluding hydrogens is 310 g/mol. The van der Waals surface area contributed by atoms with Gasteiger partial charge in [-0.05, 0) is 41.8 Å². The summed E-state index contributed by atoms with van der Waals surface area (Å²) in [6.45, 7) is 1.98. The van der Waals surface area contributed by atoms with Crippen molar-refractivity contribution in [2.45, 2.75) is 13.0 Å². The topological polar surface area (TPSA) is 38.3 Å². The van der Waals surface area contributed by atoms with Crippen LogP contribution in [0.2, 0.25) is 0 Å². The van der Waals surface area contributed by atoms with Crippen LogP contribution in [-0.2, 0) is 0 Å². The van der Waals surface area contributed by atoms with Crippen LogP contribution >= 0.6 is 0 Å². The normalized spacial score (nSPS) is 11.6. The van der Waals surface area contributed by atoms with E-state index >= 15 is 0 Å². The van der Waals surface area contributed by atoms with Gasteiger partial charge in [0.2, 0.25) is 0 Å². The molecule has 3 aromatic carbocycles. The third-order valence-corrected chi connectivity index (χ3v) is 4.20. The number of methoxy groups -OCH3 is 1. The average molecular weight is 331 g/mol. The van der Waals surface area contributed by atoms with Crippen LogP contribution in [-0.4, -0.2) is 13.0 Å². The minimum Gasteiger partial charge on any atom is -0.497 e. The molecule has 3 nitrogen and oxygen atoms in total. The van der Waals surface area contributed by atoms with Gasteiger partial charge < -0.3 is 10.1 Å². The molecule has 0 aliphatic heterocycles. The second-order valence-corrected chi connectivity index (χ2v) is 5.92. The molecule has 0 unspecified atom stereocenters. The average Bonchev–Trinajstić information content (AvgIpc) is 2.68. The van der Waals surface area contributed by atoms with Crippen LogP contribution in [0.1, 0.15) is 28.9 Å². The van der Waals surface area contributed by atoms with Crippen molar-refractivity contribution in [3.8, 4) is 16.9 Å². The molecule has 0 aliphatic carbocycles. The van der Waals surface area contributed by atoms with Crippen LogP contribution in [0.25, 0.3) is 11.1 Å². The van der Waals surface area contributed by atoms with Crippen molar-refractivity contribution in [1.29, 1.82) is 0 Å². The van der Waals surface area contributed by atoms with Gasteiger partial charge in [0.25, 0.3) is 5.91 Å². The Labute approximate surface area is 148 Å². The summed E-state index contributed by atoms with van der Waals surface area (Å²) in [5.41, 5.74) is 4.00. The highest BCUT2D eigenvalue weighted by atomic mass is 16.5. The zero-order valence-corrected chi connectivity index (χ0v) is 14.4. The Morgan fingerprint density at radius 3 is 2.24 bits per heavy atom. The molecule has 0 bridgehead atoms. The number of amides is 1. The van der Waals surface area contributed by atoms with Gasteiger partial charge in [-0.15, -0.1) is 0 Å². The van der Waals surface area contributed by atoms with E-state index < -0.39 is 0 Å². The van der Waals surface area contributed by atoms with Crippen LogP contribution in [0.15, 0.2) is 78.9 Å². The second kappa shape index (κ2) is 7.67. The van der Waals surface area contributed by atoms with E-state index in [0.29, 0.717) is 11.3 Å². The smallest absolute Gasteiger partial charge is 0.251 e. The molecule has 3 heteroatoms. The monoisotopic (exact) mass is 331 g/mol. The fourth-order valence-electron chi connectivity index (χ4n) is 2.72. The quantitative estimate of drug-likeness (QED) is 0.725. The molecule has 0 heterocycles. The van der Waals surface area contributed by atoms with E-state index in [-0.39, 0.29) is 11.9 Å². The maximum atomic E-state index is 12.4. The largest absolute Gasteiger partial charge is 0.497 e. The van der Waals surface area contributed by atoms with Crippen molar-refractivity contribution in [3.63, 3.8) is 0 Å². The predicted molar refractivity (Wildman–Crippen MR) is 101 cm³/mol. The highest BCUT2D eigenvalue weighted by Gasteiger charge is 2.12. The minimum atomic E-state index is -0.112. The molecule has 25 heavy (non-hydrogen) atoms. The lowest BCUT2D eigenvalue weighted by molar-refractivity contribution is 0.0939. The number of rotatable bonds is 5. The number of carbonyl (C=O) groups is 1. The lowest BCUT2D eigenvalue weighted by Gasteiger charge is -2.15. The van der Waals surface area contributed by atoms with Crippen molar-refractivity contribution in [2.24, 2.45) is 0 Å². The first-order chi connectivity index (χ1) is 12.2. The lowest BCUT2D eigenvalue weighted by atomic mass is 10.0. The SMILES string of the molecule is COc1cccc(C(=O)N[C@@H](C)c2ccc(-c3ccccc3)cc2)c1. The molecular formula is C22H21NO2. The fraction of sp³-hybridized carbons (Fsp3) is 0.136. The molecule has 0 saturated carbocycles. The Morgan fingerprint density at radius 1 is 0.880 bits per heavy atom. The van der Waals surface area contributed by atoms with E-state index in [1.807, 2.05) is 37.3 Å². The van der Waals surface area contributed by atoms with E-state index in [9.17, 15) is 4.79 Å². The summed E-state index contributed by atoms with van der Waals surface area (Å²) < 4.78 is 5.17. The zero-order valence-electron chi connectivity index (χ0n) is 14.4. The molecule has 1 amide bonds. The standard InChI is InChI=1S/C22H21NO2/c1-16(23-22(24)20-9-6-10-21(15-20)25-2)17-11-13-19(14-12-17)18-7-4-3-5-8-18/h3-16H,1-2H3,(H,23,24)/t16-/m0/s1. The molecule has 0 aromatic heterocycles. The van der Waals surface area contributed by atoms with Crippen LogP contribution in [0.4, 0.5) is 0 Å². The number of hydrogen-bond donors (Lipinski definition) is 1. The third-order valence-electron chi connectivity index (χ3n) is 4.20. The van der Waals surface area contributed by atoms with Crippen LogP contribution in [0.5, 0.6) is 5.75 Å². The second-order valence-electron chi connectivity index (χ2n) is 5.92. The number of benzene rings is 3. The summed E-state index contributed by atoms with van der Waals surface area (Å²) in [6, 6.07) is 25.6. The number of ether oxygens (including phenoxy) is 1. The van der Waals surface area contributed by atoms with Crippen molar-refractivity contribution >= 4 is 5.91 Å². The molecule has 1 atom stereocenters. The summed E-state index contributed by atoms with van der Waals surface area (Å²) in [5.74, 6) is 0.561. The van der Waals surface area contributed by atoms with Gasteiger partial charge in [-0.1, -0.05) is 60.7 Å². The highest BCUT2D eigenvalue weighted by molar-refractivity contribution is 5.94. The minimum absolute atomic E-state index is 0.0801. The summed E-state index contributed by atoms with van der Waals surface area (Å²) in [4.78, 5) is 12.4. The maximum absolute atomic E-state index is 12.4. The van der Waals surface area contributed by atoms with E-state index in [2.05, 4.69) is 41.7 Å². The summed E-state index contributed by atoms with van der Waals surface area (Å²) in [5, 5.41) is 3.03. The van der Waals surface area contributed by atoms with Gasteiger partial charge in [0.05, 0.1) is 13.2 Å². The van der Waals surface area contributed by atoms with Gasteiger partial charge in [0, 0.05) is 5.56 Å². The Hall–Kier alpha value is -3.07. The molecule has 1 N–H and O–H groups in total. The van der Waals surface area contributed by atoms with Gasteiger partial charge in [-0.2, -0.15) is 0 Å². The first-order valence-corrected chi connectivity index (χ1v) is 8.27. The predicted octanol–water partition coefficient (Wildman–Crippen LogP) is 4.85. The summed E-state index contributed by atoms with van der Waals surface area (Å²) >= 11 is 0. The van der Waals surface area contributed by atoms with Crippen LogP contribution < -0.4 is 10.1 Å². The van der Waals surface area contributed by atoms with Crippen molar-refractivity contribution in [1.82, 2.24) is 5.32 Å². The van der Waals surface area contributed by atoms with Crippen molar-refractivity contribution < 1.29 is 9.53 Å². The zero-order chi connectivity index (χ0) is 17.6. The summed E-state index contributed by atoms with van der Waals surface area (Å²) in [7, 11) is 1.59. The first-order valence-electron chi connectivity index (χ1n) is 8.27. The van der Waals surface area contributed by atoms with E-state index in [4.69, 9.17) is 4.74 Å². The molecule has 3 aromatic rings. The van der Waals surface area contributed by atoms with Gasteiger partial charge >= 0.3 is 0 Å². The Morgan fingerprint density at radius 2 is 1.56 bits per heavy atom. The highest BCUT2D eigenvalue weighted by Crippen LogP contribution is 2.22. The number of hydrogen-bond acceptors (Lipinski definition) is 2. The maximum Gasteiger partial charge on any atom is 0.251 e. The number of nitrogens with one attached hydrogen (secondary N) is 1. The molecule has 0 fully saturated rings. The van der Waals surface area contributed by atoms with Crippen LogP contribution in [0, 0.1) is 0 Å². The van der Waals surface area contributed by atoms with E-state index in [0.717, 1.165) is 11.1 Å². The first kappa shape index (κ1) is 16.8. The van der Waals surface area contributed by atoms with Crippen molar-refractivity contribution in [2.75, 3.05) is 7.11 Å². The van der Waals surface area contributed by atoms with Gasteiger partial charge in [-0.3, -0.25) is 4.79 Å². The van der Waals surface area contributed by atoms with Gasteiger partial charge in [0.15, 0.2) is 0 Å². The molecule has 0 radical (unpaired) electrons. The van der Waals surface area contributed by atoms with Crippen molar-refractivity contribution in [3.05, 3.63) is 90.0 Å². The Balaban J connectivity index is 1.70. The van der Waals surface area contributed by atoms with E-state index in [1.165, 1.54) is 5.56 Å². The third kappa shape index (κ3) is 4.07. The summed E-state index contributed by atoms with van der Waals surface area (Å²) in [6.07, 6.45) is 0. The number of carbonyl (C=O) groups excluding carboxylic acids is 1. The molecule has 126 valence electrons. The van der Waals surface area contributed by atoms with E-state index in [1.54, 1.807) is 19.2 Å². The fourth-order valence-corrected chi connectivity index (χ4v) is 2.72. The van der Waals surface area contributed by atoms with Gasteiger partial charge in [0.1, 0.15) is 5.75 Å². The molecule has 0 saturated heterocycles. The van der Waals surface area contributed by atoms with Gasteiger partial charge in [-0.25, -0.2) is 0 Å². The molecule has 0 spiro atoms. The lowest BCUT2D eigenvalue weighted by Crippen LogP contribution is -2.26. The molecule has 0 aliphatic rings.